The first-order valence-corrected chi connectivity index (χ1v) is 6.66. The van der Waals surface area contributed by atoms with Gasteiger partial charge in [-0.1, -0.05) is 26.2 Å². The Kier molecular flexibility index (Phi) is 7.01. The molecule has 0 spiro atoms. The molecule has 0 radical (unpaired) electrons. The Bertz CT molecular complexity index is 155. The smallest absolute Gasteiger partial charge is 0.0807 e. The number of methoxy groups -OCH3 is 1. The van der Waals surface area contributed by atoms with Crippen molar-refractivity contribution in [2.45, 2.75) is 51.0 Å². The minimum absolute atomic E-state index is 0.0892. The van der Waals surface area contributed by atoms with Gasteiger partial charge in [-0.25, -0.2) is 0 Å². The highest BCUT2D eigenvalue weighted by Crippen LogP contribution is 2.31. The maximum atomic E-state index is 6.07. The Morgan fingerprint density at radius 1 is 1.12 bits per heavy atom. The first kappa shape index (κ1) is 13.9. The summed E-state index contributed by atoms with van der Waals surface area (Å²) in [6.45, 7) is 5.73. The topological polar surface area (TPSA) is 30.5 Å². The lowest BCUT2D eigenvalue weighted by atomic mass is 9.84. The molecule has 3 heteroatoms. The molecule has 0 aliphatic heterocycles. The Hall–Kier alpha value is -0.120. The van der Waals surface area contributed by atoms with Gasteiger partial charge in [-0.05, 0) is 25.8 Å². The zero-order valence-corrected chi connectivity index (χ0v) is 10.9. The lowest BCUT2D eigenvalue weighted by Crippen LogP contribution is -2.45. The van der Waals surface area contributed by atoms with Gasteiger partial charge < -0.3 is 14.8 Å². The second-order valence-electron chi connectivity index (χ2n) is 4.76. The quantitative estimate of drug-likeness (QED) is 0.648. The van der Waals surface area contributed by atoms with E-state index in [1.807, 2.05) is 0 Å². The van der Waals surface area contributed by atoms with Crippen molar-refractivity contribution in [1.82, 2.24) is 5.32 Å². The maximum absolute atomic E-state index is 6.07. The van der Waals surface area contributed by atoms with Crippen LogP contribution in [0.4, 0.5) is 0 Å². The highest BCUT2D eigenvalue weighted by molar-refractivity contribution is 4.86. The van der Waals surface area contributed by atoms with Crippen molar-refractivity contribution in [3.63, 3.8) is 0 Å². The normalized spacial score (nSPS) is 19.9. The summed E-state index contributed by atoms with van der Waals surface area (Å²) in [4.78, 5) is 0. The minimum Gasteiger partial charge on any atom is -0.382 e. The predicted octanol–water partition coefficient (Wildman–Crippen LogP) is 2.35. The molecule has 1 aliphatic rings. The molecule has 0 aromatic rings. The molecular weight excluding hydrogens is 202 g/mol. The molecule has 1 saturated carbocycles. The van der Waals surface area contributed by atoms with Crippen molar-refractivity contribution in [3.05, 3.63) is 0 Å². The van der Waals surface area contributed by atoms with Gasteiger partial charge in [0, 0.05) is 13.7 Å². The Labute approximate surface area is 99.9 Å². The number of nitrogens with one attached hydrogen (secondary N) is 1. The fourth-order valence-electron chi connectivity index (χ4n) is 2.40. The molecule has 0 bridgehead atoms. The van der Waals surface area contributed by atoms with E-state index < -0.39 is 0 Å². The predicted molar refractivity (Wildman–Crippen MR) is 66.8 cm³/mol. The molecule has 0 amide bonds. The Balaban J connectivity index is 2.33. The summed E-state index contributed by atoms with van der Waals surface area (Å²) in [6.07, 6.45) is 7.57. The van der Waals surface area contributed by atoms with Crippen LogP contribution in [0, 0.1) is 0 Å². The van der Waals surface area contributed by atoms with E-state index in [2.05, 4.69) is 12.2 Å². The van der Waals surface area contributed by atoms with E-state index in [-0.39, 0.29) is 5.60 Å². The van der Waals surface area contributed by atoms with Crippen molar-refractivity contribution >= 4 is 0 Å². The molecular formula is C13H27NO2. The van der Waals surface area contributed by atoms with Crippen molar-refractivity contribution in [1.29, 1.82) is 0 Å². The summed E-state index contributed by atoms with van der Waals surface area (Å²) in [5.74, 6) is 0. The van der Waals surface area contributed by atoms with Crippen LogP contribution in [0.25, 0.3) is 0 Å². The van der Waals surface area contributed by atoms with Crippen molar-refractivity contribution in [3.8, 4) is 0 Å². The van der Waals surface area contributed by atoms with Crippen LogP contribution >= 0.6 is 0 Å². The zero-order chi connectivity index (χ0) is 11.7. The number of hydrogen-bond donors (Lipinski definition) is 1. The van der Waals surface area contributed by atoms with E-state index in [1.165, 1.54) is 38.5 Å². The largest absolute Gasteiger partial charge is 0.382 e. The van der Waals surface area contributed by atoms with Crippen LogP contribution in [0.15, 0.2) is 0 Å². The molecule has 3 nitrogen and oxygen atoms in total. The van der Waals surface area contributed by atoms with Gasteiger partial charge in [-0.3, -0.25) is 0 Å². The van der Waals surface area contributed by atoms with E-state index in [1.54, 1.807) is 7.11 Å². The summed E-state index contributed by atoms with van der Waals surface area (Å²) in [6, 6.07) is 0. The summed E-state index contributed by atoms with van der Waals surface area (Å²) in [7, 11) is 1.73. The van der Waals surface area contributed by atoms with Gasteiger partial charge in [-0.2, -0.15) is 0 Å². The minimum atomic E-state index is 0.0892. The molecule has 1 N–H and O–H groups in total. The average molecular weight is 229 g/mol. The SMILES string of the molecule is CCCNCC1(OCCOC)CCCCC1. The molecule has 0 unspecified atom stereocenters. The first-order chi connectivity index (χ1) is 7.83. The average Bonchev–Trinajstić information content (AvgIpc) is 2.31. The van der Waals surface area contributed by atoms with Crippen molar-refractivity contribution in [2.24, 2.45) is 0 Å². The summed E-state index contributed by atoms with van der Waals surface area (Å²) in [5.41, 5.74) is 0.0892. The van der Waals surface area contributed by atoms with E-state index in [4.69, 9.17) is 9.47 Å². The third-order valence-electron chi connectivity index (χ3n) is 3.33. The Morgan fingerprint density at radius 2 is 1.88 bits per heavy atom. The molecule has 0 aromatic heterocycles. The highest BCUT2D eigenvalue weighted by atomic mass is 16.5. The van der Waals surface area contributed by atoms with Crippen LogP contribution in [0.1, 0.15) is 45.4 Å². The van der Waals surface area contributed by atoms with Crippen LogP contribution in [-0.2, 0) is 9.47 Å². The molecule has 1 fully saturated rings. The molecule has 1 rings (SSSR count). The van der Waals surface area contributed by atoms with Crippen LogP contribution in [0.5, 0.6) is 0 Å². The number of hydrogen-bond acceptors (Lipinski definition) is 3. The highest BCUT2D eigenvalue weighted by Gasteiger charge is 2.32. The van der Waals surface area contributed by atoms with E-state index >= 15 is 0 Å². The van der Waals surface area contributed by atoms with Crippen molar-refractivity contribution in [2.75, 3.05) is 33.4 Å². The zero-order valence-electron chi connectivity index (χ0n) is 10.9. The maximum Gasteiger partial charge on any atom is 0.0807 e. The van der Waals surface area contributed by atoms with Gasteiger partial charge in [0.1, 0.15) is 0 Å². The van der Waals surface area contributed by atoms with Crippen LogP contribution in [0.3, 0.4) is 0 Å². The Morgan fingerprint density at radius 3 is 2.50 bits per heavy atom. The van der Waals surface area contributed by atoms with Gasteiger partial charge in [0.05, 0.1) is 18.8 Å². The fourth-order valence-corrected chi connectivity index (χ4v) is 2.40. The van der Waals surface area contributed by atoms with E-state index in [9.17, 15) is 0 Å². The van der Waals surface area contributed by atoms with Gasteiger partial charge in [0.15, 0.2) is 0 Å². The van der Waals surface area contributed by atoms with Crippen LogP contribution in [-0.4, -0.2) is 39.0 Å². The van der Waals surface area contributed by atoms with Gasteiger partial charge >= 0.3 is 0 Å². The first-order valence-electron chi connectivity index (χ1n) is 6.66. The lowest BCUT2D eigenvalue weighted by Gasteiger charge is -2.37. The third kappa shape index (κ3) is 4.81. The molecule has 16 heavy (non-hydrogen) atoms. The standard InChI is InChI=1S/C13H27NO2/c1-3-9-14-12-13(16-11-10-15-2)7-5-4-6-8-13/h14H,3-12H2,1-2H3. The summed E-state index contributed by atoms with van der Waals surface area (Å²) >= 11 is 0. The second-order valence-corrected chi connectivity index (χ2v) is 4.76. The van der Waals surface area contributed by atoms with Crippen LogP contribution in [0.2, 0.25) is 0 Å². The third-order valence-corrected chi connectivity index (χ3v) is 3.33. The van der Waals surface area contributed by atoms with Gasteiger partial charge in [0.2, 0.25) is 0 Å². The second kappa shape index (κ2) is 8.04. The van der Waals surface area contributed by atoms with Gasteiger partial charge in [0.25, 0.3) is 0 Å². The molecule has 96 valence electrons. The fraction of sp³-hybridized carbons (Fsp3) is 1.00. The molecule has 0 heterocycles. The number of ether oxygens (including phenoxy) is 2. The molecule has 0 aromatic carbocycles. The summed E-state index contributed by atoms with van der Waals surface area (Å²) in [5, 5.41) is 3.51. The van der Waals surface area contributed by atoms with E-state index in [0.29, 0.717) is 6.61 Å². The molecule has 0 saturated heterocycles. The molecule has 0 atom stereocenters. The van der Waals surface area contributed by atoms with Gasteiger partial charge in [-0.15, -0.1) is 0 Å². The van der Waals surface area contributed by atoms with Crippen LogP contribution < -0.4 is 5.32 Å². The number of rotatable bonds is 8. The summed E-state index contributed by atoms with van der Waals surface area (Å²) < 4.78 is 11.1. The lowest BCUT2D eigenvalue weighted by molar-refractivity contribution is -0.0821. The molecule has 1 aliphatic carbocycles. The van der Waals surface area contributed by atoms with E-state index in [0.717, 1.165) is 19.7 Å². The van der Waals surface area contributed by atoms with Crippen molar-refractivity contribution < 1.29 is 9.47 Å². The monoisotopic (exact) mass is 229 g/mol.